The summed E-state index contributed by atoms with van der Waals surface area (Å²) in [5.74, 6) is 0.525. The lowest BCUT2D eigenvalue weighted by molar-refractivity contribution is -0.139. The van der Waals surface area contributed by atoms with Crippen molar-refractivity contribution in [3.05, 3.63) is 34.7 Å². The monoisotopic (exact) mass is 404 g/mol. The van der Waals surface area contributed by atoms with Gasteiger partial charge in [0, 0.05) is 13.1 Å². The molecule has 0 N–H and O–H groups in total. The van der Waals surface area contributed by atoms with Gasteiger partial charge in [-0.05, 0) is 41.5 Å². The summed E-state index contributed by atoms with van der Waals surface area (Å²) in [5.41, 5.74) is 0.793. The third kappa shape index (κ3) is 5.14. The number of thioether (sulfide) groups is 1. The number of benzene rings is 1. The first kappa shape index (κ1) is 20.4. The summed E-state index contributed by atoms with van der Waals surface area (Å²) in [5, 5.41) is -0.422. The second-order valence-electron chi connectivity index (χ2n) is 7.03. The molecule has 2 heterocycles. The van der Waals surface area contributed by atoms with E-state index in [-0.39, 0.29) is 12.5 Å². The van der Waals surface area contributed by atoms with Gasteiger partial charge in [0.2, 0.25) is 5.91 Å². The highest BCUT2D eigenvalue weighted by molar-refractivity contribution is 8.18. The Morgan fingerprint density at radius 3 is 2.54 bits per heavy atom. The molecule has 2 aliphatic heterocycles. The Bertz CT molecular complexity index is 769. The van der Waals surface area contributed by atoms with Crippen molar-refractivity contribution in [2.75, 3.05) is 39.5 Å². The third-order valence-corrected chi connectivity index (χ3v) is 5.20. The molecule has 2 aliphatic rings. The van der Waals surface area contributed by atoms with Crippen LogP contribution in [0.15, 0.2) is 29.2 Å². The van der Waals surface area contributed by atoms with Crippen LogP contribution in [0.3, 0.4) is 0 Å². The summed E-state index contributed by atoms with van der Waals surface area (Å²) in [6, 6.07) is 7.34. The van der Waals surface area contributed by atoms with Gasteiger partial charge in [0.05, 0.1) is 24.7 Å². The lowest BCUT2D eigenvalue weighted by Crippen LogP contribution is -2.46. The van der Waals surface area contributed by atoms with E-state index >= 15 is 0 Å². The summed E-state index contributed by atoms with van der Waals surface area (Å²) in [6.45, 7) is 6.48. The van der Waals surface area contributed by atoms with E-state index in [4.69, 9.17) is 9.47 Å². The molecule has 7 nitrogen and oxygen atoms in total. The Morgan fingerprint density at radius 2 is 1.89 bits per heavy atom. The molecule has 1 aromatic carbocycles. The van der Waals surface area contributed by atoms with Crippen LogP contribution < -0.4 is 4.74 Å². The van der Waals surface area contributed by atoms with Crippen LogP contribution in [-0.4, -0.2) is 66.3 Å². The Morgan fingerprint density at radius 1 is 1.21 bits per heavy atom. The van der Waals surface area contributed by atoms with E-state index in [1.807, 2.05) is 24.3 Å². The van der Waals surface area contributed by atoms with E-state index in [9.17, 15) is 14.4 Å². The van der Waals surface area contributed by atoms with Crippen molar-refractivity contribution in [1.29, 1.82) is 0 Å². The smallest absolute Gasteiger partial charge is 0.294 e. The minimum absolute atomic E-state index is 0.232. The van der Waals surface area contributed by atoms with Crippen molar-refractivity contribution in [3.8, 4) is 5.75 Å². The molecule has 2 saturated heterocycles. The van der Waals surface area contributed by atoms with Crippen molar-refractivity contribution in [2.45, 2.75) is 13.8 Å². The number of carbonyl (C=O) groups is 3. The van der Waals surface area contributed by atoms with Gasteiger partial charge in [0.1, 0.15) is 12.3 Å². The lowest BCUT2D eigenvalue weighted by atomic mass is 10.2. The molecular formula is C20H24N2O5S. The van der Waals surface area contributed by atoms with Crippen LogP contribution in [0.4, 0.5) is 4.79 Å². The van der Waals surface area contributed by atoms with E-state index in [1.54, 1.807) is 11.0 Å². The number of carbonyl (C=O) groups excluding carboxylic acids is 3. The minimum Gasteiger partial charge on any atom is -0.493 e. The predicted molar refractivity (Wildman–Crippen MR) is 107 cm³/mol. The van der Waals surface area contributed by atoms with Crippen LogP contribution in [0.1, 0.15) is 19.4 Å². The van der Waals surface area contributed by atoms with Gasteiger partial charge in [-0.15, -0.1) is 0 Å². The number of ether oxygens (including phenoxy) is 2. The third-order valence-electron chi connectivity index (χ3n) is 4.29. The molecule has 0 aromatic heterocycles. The normalized spacial score (nSPS) is 19.0. The number of imide groups is 1. The fraction of sp³-hybridized carbons (Fsp3) is 0.450. The van der Waals surface area contributed by atoms with Gasteiger partial charge in [-0.1, -0.05) is 26.0 Å². The van der Waals surface area contributed by atoms with E-state index in [2.05, 4.69) is 13.8 Å². The van der Waals surface area contributed by atoms with Crippen LogP contribution in [0, 0.1) is 5.92 Å². The number of morpholine rings is 1. The fourth-order valence-corrected chi connectivity index (χ4v) is 3.60. The molecule has 0 bridgehead atoms. The molecule has 0 atom stereocenters. The highest BCUT2D eigenvalue weighted by Gasteiger charge is 2.37. The zero-order valence-corrected chi connectivity index (χ0v) is 16.9. The highest BCUT2D eigenvalue weighted by Crippen LogP contribution is 2.32. The van der Waals surface area contributed by atoms with Crippen molar-refractivity contribution in [2.24, 2.45) is 5.92 Å². The van der Waals surface area contributed by atoms with Gasteiger partial charge in [-0.3, -0.25) is 19.3 Å². The summed E-state index contributed by atoms with van der Waals surface area (Å²) >= 11 is 0.855. The Labute approximate surface area is 168 Å². The topological polar surface area (TPSA) is 76.2 Å². The molecule has 28 heavy (non-hydrogen) atoms. The Balaban J connectivity index is 1.62. The second kappa shape index (κ2) is 9.25. The maximum Gasteiger partial charge on any atom is 0.294 e. The van der Waals surface area contributed by atoms with E-state index < -0.39 is 11.1 Å². The number of rotatable bonds is 6. The first-order valence-electron chi connectivity index (χ1n) is 9.28. The van der Waals surface area contributed by atoms with Crippen LogP contribution >= 0.6 is 11.8 Å². The summed E-state index contributed by atoms with van der Waals surface area (Å²) in [4.78, 5) is 40.1. The number of hydrogen-bond donors (Lipinski definition) is 0. The summed E-state index contributed by atoms with van der Waals surface area (Å²) in [7, 11) is 0. The van der Waals surface area contributed by atoms with Crippen molar-refractivity contribution >= 4 is 34.9 Å². The van der Waals surface area contributed by atoms with E-state index in [0.717, 1.165) is 28.0 Å². The molecule has 0 saturated carbocycles. The fourth-order valence-electron chi connectivity index (χ4n) is 2.76. The average molecular weight is 404 g/mol. The predicted octanol–water partition coefficient (Wildman–Crippen LogP) is 2.62. The lowest BCUT2D eigenvalue weighted by Gasteiger charge is -2.28. The van der Waals surface area contributed by atoms with Crippen LogP contribution in [-0.2, 0) is 14.3 Å². The SMILES string of the molecule is CC(C)COc1ccc(C=C2SC(=O)N(CC(=O)N3CCOCC3)C2=O)cc1. The van der Waals surface area contributed by atoms with Crippen molar-refractivity contribution in [3.63, 3.8) is 0 Å². The number of nitrogens with zero attached hydrogens (tertiary/aromatic N) is 2. The summed E-state index contributed by atoms with van der Waals surface area (Å²) < 4.78 is 10.9. The van der Waals surface area contributed by atoms with E-state index in [1.165, 1.54) is 0 Å². The molecule has 3 amide bonds. The molecule has 1 aromatic rings. The number of hydrogen-bond acceptors (Lipinski definition) is 6. The standard InChI is InChI=1S/C20H24N2O5S/c1-14(2)13-27-16-5-3-15(4-6-16)11-17-19(24)22(20(25)28-17)12-18(23)21-7-9-26-10-8-21/h3-6,11,14H,7-10,12-13H2,1-2H3. The molecule has 2 fully saturated rings. The second-order valence-corrected chi connectivity index (χ2v) is 8.03. The molecule has 8 heteroatoms. The van der Waals surface area contributed by atoms with Gasteiger partial charge < -0.3 is 14.4 Å². The van der Waals surface area contributed by atoms with Crippen molar-refractivity contribution in [1.82, 2.24) is 9.80 Å². The largest absolute Gasteiger partial charge is 0.493 e. The Kier molecular flexibility index (Phi) is 6.74. The summed E-state index contributed by atoms with van der Waals surface area (Å²) in [6.07, 6.45) is 1.66. The molecule has 0 aliphatic carbocycles. The van der Waals surface area contributed by atoms with Crippen LogP contribution in [0.2, 0.25) is 0 Å². The molecule has 3 rings (SSSR count). The van der Waals surface area contributed by atoms with Gasteiger partial charge in [0.15, 0.2) is 0 Å². The first-order chi connectivity index (χ1) is 13.4. The van der Waals surface area contributed by atoms with Gasteiger partial charge in [-0.25, -0.2) is 0 Å². The number of amides is 3. The maximum atomic E-state index is 12.6. The molecular weight excluding hydrogens is 380 g/mol. The van der Waals surface area contributed by atoms with Gasteiger partial charge in [0.25, 0.3) is 11.1 Å². The molecule has 0 radical (unpaired) electrons. The average Bonchev–Trinajstić information content (AvgIpc) is 2.95. The minimum atomic E-state index is -0.434. The van der Waals surface area contributed by atoms with E-state index in [0.29, 0.717) is 43.7 Å². The van der Waals surface area contributed by atoms with Gasteiger partial charge in [-0.2, -0.15) is 0 Å². The van der Waals surface area contributed by atoms with Crippen molar-refractivity contribution < 1.29 is 23.9 Å². The quantitative estimate of drug-likeness (QED) is 0.679. The maximum absolute atomic E-state index is 12.6. The molecule has 150 valence electrons. The molecule has 0 spiro atoms. The Hall–Kier alpha value is -2.32. The van der Waals surface area contributed by atoms with Crippen LogP contribution in [0.25, 0.3) is 6.08 Å². The first-order valence-corrected chi connectivity index (χ1v) is 10.1. The van der Waals surface area contributed by atoms with Crippen LogP contribution in [0.5, 0.6) is 5.75 Å². The highest BCUT2D eigenvalue weighted by atomic mass is 32.2. The molecule has 0 unspecified atom stereocenters. The zero-order chi connectivity index (χ0) is 20.1. The van der Waals surface area contributed by atoms with Gasteiger partial charge >= 0.3 is 0 Å². The zero-order valence-electron chi connectivity index (χ0n) is 16.1.